The van der Waals surface area contributed by atoms with E-state index in [4.69, 9.17) is 4.74 Å². The van der Waals surface area contributed by atoms with E-state index in [1.807, 2.05) is 46.4 Å². The van der Waals surface area contributed by atoms with Crippen LogP contribution in [0.15, 0.2) is 0 Å². The molecule has 1 spiro atoms. The van der Waals surface area contributed by atoms with Crippen LogP contribution in [0.25, 0.3) is 0 Å². The minimum atomic E-state index is -1.12. The summed E-state index contributed by atoms with van der Waals surface area (Å²) in [4.78, 5) is 14.7. The number of aliphatic hydroxyl groups is 1. The van der Waals surface area contributed by atoms with Crippen LogP contribution in [0.2, 0.25) is 0 Å². The first kappa shape index (κ1) is 22.2. The first-order chi connectivity index (χ1) is 12.7. The standard InChI is InChI=1S/C21H38N2O4S/c1-15-8-9-21(12-22(15)17(25)27-18(2,3)4)13-23(28(26)19(5,6)7)16(21)20(14-24)10-11-20/h15-16,24H,8-14H2,1-7H3/t15-,16+,21+,28?/m0/s1. The van der Waals surface area contributed by atoms with Gasteiger partial charge in [0.1, 0.15) is 10.3 Å². The van der Waals surface area contributed by atoms with Crippen molar-refractivity contribution in [2.45, 2.75) is 96.6 Å². The predicted molar refractivity (Wildman–Crippen MR) is 111 cm³/mol. The van der Waals surface area contributed by atoms with E-state index in [9.17, 15) is 14.5 Å². The zero-order chi connectivity index (χ0) is 21.1. The van der Waals surface area contributed by atoms with Crippen LogP contribution in [0.5, 0.6) is 0 Å². The summed E-state index contributed by atoms with van der Waals surface area (Å²) in [5.41, 5.74) is -0.800. The van der Waals surface area contributed by atoms with Gasteiger partial charge in [-0.05, 0) is 74.1 Å². The summed E-state index contributed by atoms with van der Waals surface area (Å²) in [6.07, 6.45) is 3.58. The fraction of sp³-hybridized carbons (Fsp3) is 0.952. The zero-order valence-electron chi connectivity index (χ0n) is 18.6. The van der Waals surface area contributed by atoms with E-state index in [0.717, 1.165) is 32.2 Å². The molecular formula is C21H38N2O4S. The number of nitrogens with zero attached hydrogens (tertiary/aromatic N) is 2. The Morgan fingerprint density at radius 2 is 1.79 bits per heavy atom. The van der Waals surface area contributed by atoms with Crippen molar-refractivity contribution >= 4 is 17.5 Å². The lowest BCUT2D eigenvalue weighted by atomic mass is 9.62. The number of hydrogen-bond donors (Lipinski definition) is 1. The Hall–Kier alpha value is -0.500. The molecule has 2 saturated heterocycles. The molecule has 3 rings (SSSR count). The lowest BCUT2D eigenvalue weighted by molar-refractivity contribution is -0.118. The highest BCUT2D eigenvalue weighted by Gasteiger charge is 2.70. The van der Waals surface area contributed by atoms with Gasteiger partial charge in [0.15, 0.2) is 0 Å². The zero-order valence-corrected chi connectivity index (χ0v) is 19.4. The minimum Gasteiger partial charge on any atom is -0.597 e. The fourth-order valence-corrected chi connectivity index (χ4v) is 6.68. The first-order valence-corrected chi connectivity index (χ1v) is 11.6. The van der Waals surface area contributed by atoms with Crippen molar-refractivity contribution in [3.05, 3.63) is 0 Å². The fourth-order valence-electron chi connectivity index (χ4n) is 4.96. The highest BCUT2D eigenvalue weighted by molar-refractivity contribution is 7.90. The summed E-state index contributed by atoms with van der Waals surface area (Å²) in [6.45, 7) is 15.2. The van der Waals surface area contributed by atoms with Gasteiger partial charge in [-0.15, -0.1) is 4.31 Å². The molecule has 2 aliphatic heterocycles. The van der Waals surface area contributed by atoms with E-state index < -0.39 is 17.0 Å². The van der Waals surface area contributed by atoms with E-state index in [0.29, 0.717) is 6.54 Å². The van der Waals surface area contributed by atoms with Crippen molar-refractivity contribution in [1.29, 1.82) is 0 Å². The van der Waals surface area contributed by atoms with Gasteiger partial charge in [0.05, 0.1) is 19.2 Å². The molecule has 0 aromatic carbocycles. The Morgan fingerprint density at radius 1 is 1.18 bits per heavy atom. The smallest absolute Gasteiger partial charge is 0.410 e. The maximum atomic E-state index is 13.2. The number of aliphatic hydroxyl groups excluding tert-OH is 1. The third-order valence-corrected chi connectivity index (χ3v) is 8.38. The monoisotopic (exact) mass is 414 g/mol. The lowest BCUT2D eigenvalue weighted by Gasteiger charge is -2.63. The van der Waals surface area contributed by atoms with Gasteiger partial charge in [-0.3, -0.25) is 0 Å². The Labute approximate surface area is 173 Å². The summed E-state index contributed by atoms with van der Waals surface area (Å²) in [5.74, 6) is 0. The summed E-state index contributed by atoms with van der Waals surface area (Å²) in [7, 11) is 0. The number of carbonyl (C=O) groups is 1. The van der Waals surface area contributed by atoms with Gasteiger partial charge in [-0.1, -0.05) is 0 Å². The maximum absolute atomic E-state index is 13.2. The quantitative estimate of drug-likeness (QED) is 0.717. The Morgan fingerprint density at radius 3 is 2.25 bits per heavy atom. The second-order valence-electron chi connectivity index (χ2n) is 11.2. The largest absolute Gasteiger partial charge is 0.597 e. The van der Waals surface area contributed by atoms with Crippen LogP contribution in [0.4, 0.5) is 4.79 Å². The SMILES string of the molecule is C[C@H]1CC[C@@]2(CN1C(=O)OC(C)(C)C)CN([S+]([O-])C(C)(C)C)[C@@H]2C1(CO)CC1. The third kappa shape index (κ3) is 3.92. The lowest BCUT2D eigenvalue weighted by Crippen LogP contribution is -2.76. The molecule has 1 amide bonds. The number of amides is 1. The topological polar surface area (TPSA) is 76.1 Å². The van der Waals surface area contributed by atoms with Crippen LogP contribution in [0, 0.1) is 10.8 Å². The van der Waals surface area contributed by atoms with Crippen LogP contribution >= 0.6 is 0 Å². The summed E-state index contributed by atoms with van der Waals surface area (Å²) < 4.78 is 20.6. The molecule has 3 fully saturated rings. The molecular weight excluding hydrogens is 376 g/mol. The van der Waals surface area contributed by atoms with Crippen molar-refractivity contribution in [2.24, 2.45) is 10.8 Å². The summed E-state index contributed by atoms with van der Waals surface area (Å²) >= 11 is -1.12. The molecule has 1 aliphatic carbocycles. The summed E-state index contributed by atoms with van der Waals surface area (Å²) in [6, 6.07) is 0.190. The van der Waals surface area contributed by atoms with Gasteiger partial charge in [0, 0.05) is 34.8 Å². The molecule has 4 atom stereocenters. The molecule has 28 heavy (non-hydrogen) atoms. The molecule has 1 unspecified atom stereocenters. The number of rotatable bonds is 3. The van der Waals surface area contributed by atoms with E-state index in [-0.39, 0.29) is 40.4 Å². The third-order valence-electron chi connectivity index (χ3n) is 6.57. The molecule has 0 aromatic rings. The molecule has 0 radical (unpaired) electrons. The van der Waals surface area contributed by atoms with Crippen molar-refractivity contribution in [1.82, 2.24) is 9.21 Å². The molecule has 1 N–H and O–H groups in total. The number of carbonyl (C=O) groups excluding carboxylic acids is 1. The van der Waals surface area contributed by atoms with Gasteiger partial charge < -0.3 is 19.3 Å². The summed E-state index contributed by atoms with van der Waals surface area (Å²) in [5, 5.41) is 10.2. The molecule has 3 aliphatic rings. The van der Waals surface area contributed by atoms with Gasteiger partial charge in [-0.2, -0.15) is 0 Å². The molecule has 6 nitrogen and oxygen atoms in total. The van der Waals surface area contributed by atoms with Gasteiger partial charge >= 0.3 is 6.09 Å². The van der Waals surface area contributed by atoms with Crippen LogP contribution in [0.1, 0.15) is 74.1 Å². The predicted octanol–water partition coefficient (Wildman–Crippen LogP) is 3.31. The number of hydrogen-bond acceptors (Lipinski definition) is 5. The highest BCUT2D eigenvalue weighted by atomic mass is 32.2. The van der Waals surface area contributed by atoms with E-state index >= 15 is 0 Å². The van der Waals surface area contributed by atoms with Gasteiger partial charge in [-0.25, -0.2) is 4.79 Å². The molecule has 2 heterocycles. The van der Waals surface area contributed by atoms with Crippen LogP contribution in [0.3, 0.4) is 0 Å². The van der Waals surface area contributed by atoms with Crippen molar-refractivity contribution in [2.75, 3.05) is 19.7 Å². The molecule has 162 valence electrons. The molecule has 0 bridgehead atoms. The van der Waals surface area contributed by atoms with Gasteiger partial charge in [0.2, 0.25) is 0 Å². The average Bonchev–Trinajstić information content (AvgIpc) is 3.31. The normalized spacial score (nSPS) is 34.1. The van der Waals surface area contributed by atoms with Crippen LogP contribution in [-0.2, 0) is 16.1 Å². The number of piperidine rings is 1. The van der Waals surface area contributed by atoms with Gasteiger partial charge in [0.25, 0.3) is 0 Å². The van der Waals surface area contributed by atoms with Crippen molar-refractivity contribution in [3.8, 4) is 0 Å². The van der Waals surface area contributed by atoms with Crippen molar-refractivity contribution in [3.63, 3.8) is 0 Å². The number of likely N-dealkylation sites (tertiary alicyclic amines) is 1. The van der Waals surface area contributed by atoms with Crippen LogP contribution in [-0.4, -0.2) is 67.1 Å². The Kier molecular flexibility index (Phi) is 5.57. The number of ether oxygens (including phenoxy) is 1. The molecule has 0 aromatic heterocycles. The van der Waals surface area contributed by atoms with E-state index in [1.165, 1.54) is 0 Å². The Bertz CT molecular complexity index is 611. The second kappa shape index (κ2) is 7.03. The molecule has 7 heteroatoms. The van der Waals surface area contributed by atoms with E-state index in [2.05, 4.69) is 11.2 Å². The highest BCUT2D eigenvalue weighted by Crippen LogP contribution is 2.63. The van der Waals surface area contributed by atoms with Crippen LogP contribution < -0.4 is 0 Å². The first-order valence-electron chi connectivity index (χ1n) is 10.5. The molecule has 1 saturated carbocycles. The average molecular weight is 415 g/mol. The van der Waals surface area contributed by atoms with Crippen molar-refractivity contribution < 1.29 is 19.2 Å². The Balaban J connectivity index is 1.84. The maximum Gasteiger partial charge on any atom is 0.410 e. The second-order valence-corrected chi connectivity index (χ2v) is 13.4. The van der Waals surface area contributed by atoms with E-state index in [1.54, 1.807) is 0 Å². The minimum absolute atomic E-state index is 0.0579.